The molecule has 1 aromatic rings. The third-order valence-electron chi connectivity index (χ3n) is 1.29. The Labute approximate surface area is 74.3 Å². The second-order valence-electron chi connectivity index (χ2n) is 2.19. The Hall–Kier alpha value is -0.480. The summed E-state index contributed by atoms with van der Waals surface area (Å²) in [5.74, 6) is -0.862. The van der Waals surface area contributed by atoms with Crippen molar-refractivity contribution in [2.45, 2.75) is 11.7 Å². The fraction of sp³-hybridized carbons (Fsp3) is 0.286. The Bertz CT molecular complexity index is 231. The smallest absolute Gasteiger partial charge is 0.316 e. The molecule has 1 unspecified atom stereocenters. The minimum atomic E-state index is -0.862. The molecule has 1 heterocycles. The highest BCUT2D eigenvalue weighted by Gasteiger charge is 2.12. The molecule has 0 saturated heterocycles. The highest BCUT2D eigenvalue weighted by atomic mass is 32.1. The van der Waals surface area contributed by atoms with Gasteiger partial charge in [0, 0.05) is 0 Å². The van der Waals surface area contributed by atoms with E-state index in [0.717, 1.165) is 5.56 Å². The maximum Gasteiger partial charge on any atom is 0.316 e. The van der Waals surface area contributed by atoms with Gasteiger partial charge in [0.25, 0.3) is 0 Å². The first-order valence-electron chi connectivity index (χ1n) is 3.12. The fourth-order valence-corrected chi connectivity index (χ4v) is 1.61. The normalized spacial score (nSPS) is 12.8. The first-order chi connectivity index (χ1) is 5.20. The SMILES string of the molecule is O=C(O)C(S)Cc1ccsc1. The van der Waals surface area contributed by atoms with Gasteiger partial charge in [0.15, 0.2) is 0 Å². The standard InChI is InChI=1S/C7H8O2S2/c8-7(9)6(10)3-5-1-2-11-4-5/h1-2,4,6,10H,3H2,(H,8,9). The van der Waals surface area contributed by atoms with Crippen molar-refractivity contribution in [2.75, 3.05) is 0 Å². The summed E-state index contributed by atoms with van der Waals surface area (Å²) in [7, 11) is 0. The van der Waals surface area contributed by atoms with Crippen molar-refractivity contribution in [3.63, 3.8) is 0 Å². The highest BCUT2D eigenvalue weighted by molar-refractivity contribution is 7.81. The third-order valence-corrected chi connectivity index (χ3v) is 2.43. The van der Waals surface area contributed by atoms with Gasteiger partial charge in [-0.3, -0.25) is 4.79 Å². The molecule has 0 aliphatic heterocycles. The maximum atomic E-state index is 10.4. The summed E-state index contributed by atoms with van der Waals surface area (Å²) in [6.45, 7) is 0. The number of rotatable bonds is 3. The first kappa shape index (κ1) is 8.62. The molecule has 1 aromatic heterocycles. The molecular formula is C7H8O2S2. The molecule has 60 valence electrons. The highest BCUT2D eigenvalue weighted by Crippen LogP contribution is 2.11. The van der Waals surface area contributed by atoms with Gasteiger partial charge in [-0.05, 0) is 28.8 Å². The van der Waals surface area contributed by atoms with Crippen molar-refractivity contribution in [1.82, 2.24) is 0 Å². The Balaban J connectivity index is 2.50. The van der Waals surface area contributed by atoms with Gasteiger partial charge >= 0.3 is 5.97 Å². The van der Waals surface area contributed by atoms with Crippen LogP contribution in [0.15, 0.2) is 16.8 Å². The maximum absolute atomic E-state index is 10.4. The van der Waals surface area contributed by atoms with E-state index < -0.39 is 11.2 Å². The minimum absolute atomic E-state index is 0.502. The van der Waals surface area contributed by atoms with E-state index in [0.29, 0.717) is 6.42 Å². The molecule has 0 aliphatic carbocycles. The van der Waals surface area contributed by atoms with Crippen LogP contribution in [0.1, 0.15) is 5.56 Å². The fourth-order valence-electron chi connectivity index (χ4n) is 0.719. The summed E-state index contributed by atoms with van der Waals surface area (Å²) in [4.78, 5) is 10.4. The van der Waals surface area contributed by atoms with Crippen molar-refractivity contribution in [2.24, 2.45) is 0 Å². The molecule has 0 bridgehead atoms. The van der Waals surface area contributed by atoms with Gasteiger partial charge in [0.2, 0.25) is 0 Å². The van der Waals surface area contributed by atoms with Crippen LogP contribution >= 0.6 is 24.0 Å². The monoisotopic (exact) mass is 188 g/mol. The lowest BCUT2D eigenvalue weighted by molar-refractivity contribution is -0.136. The van der Waals surface area contributed by atoms with Crippen LogP contribution in [0.25, 0.3) is 0 Å². The Kier molecular flexibility index (Phi) is 2.96. The van der Waals surface area contributed by atoms with Gasteiger partial charge in [0.1, 0.15) is 5.25 Å². The van der Waals surface area contributed by atoms with E-state index in [1.54, 1.807) is 11.3 Å². The van der Waals surface area contributed by atoms with Crippen molar-refractivity contribution in [3.8, 4) is 0 Å². The minimum Gasteiger partial charge on any atom is -0.480 e. The topological polar surface area (TPSA) is 37.3 Å². The molecule has 11 heavy (non-hydrogen) atoms. The lowest BCUT2D eigenvalue weighted by atomic mass is 10.2. The molecule has 0 saturated carbocycles. The van der Waals surface area contributed by atoms with E-state index >= 15 is 0 Å². The largest absolute Gasteiger partial charge is 0.480 e. The van der Waals surface area contributed by atoms with Gasteiger partial charge in [-0.2, -0.15) is 24.0 Å². The van der Waals surface area contributed by atoms with Crippen LogP contribution in [0.4, 0.5) is 0 Å². The molecule has 4 heteroatoms. The third kappa shape index (κ3) is 2.55. The molecule has 1 rings (SSSR count). The summed E-state index contributed by atoms with van der Waals surface area (Å²) in [5.41, 5.74) is 1.04. The van der Waals surface area contributed by atoms with Gasteiger partial charge in [-0.25, -0.2) is 0 Å². The van der Waals surface area contributed by atoms with Crippen molar-refractivity contribution in [3.05, 3.63) is 22.4 Å². The Morgan fingerprint density at radius 2 is 2.55 bits per heavy atom. The molecule has 0 radical (unpaired) electrons. The van der Waals surface area contributed by atoms with E-state index in [4.69, 9.17) is 5.11 Å². The van der Waals surface area contributed by atoms with Crippen LogP contribution in [0.3, 0.4) is 0 Å². The summed E-state index contributed by atoms with van der Waals surface area (Å²) in [5, 5.41) is 11.8. The molecular weight excluding hydrogens is 180 g/mol. The number of hydrogen-bond acceptors (Lipinski definition) is 3. The van der Waals surface area contributed by atoms with Gasteiger partial charge < -0.3 is 5.11 Å². The second-order valence-corrected chi connectivity index (χ2v) is 3.59. The quantitative estimate of drug-likeness (QED) is 0.708. The summed E-state index contributed by atoms with van der Waals surface area (Å²) < 4.78 is 0. The van der Waals surface area contributed by atoms with Crippen LogP contribution in [0, 0.1) is 0 Å². The zero-order chi connectivity index (χ0) is 8.27. The predicted molar refractivity (Wildman–Crippen MR) is 48.4 cm³/mol. The number of thiophene rings is 1. The van der Waals surface area contributed by atoms with Crippen molar-refractivity contribution >= 4 is 29.9 Å². The molecule has 0 aromatic carbocycles. The molecule has 2 nitrogen and oxygen atoms in total. The van der Waals surface area contributed by atoms with Gasteiger partial charge in [-0.15, -0.1) is 0 Å². The van der Waals surface area contributed by atoms with E-state index in [1.165, 1.54) is 0 Å². The number of carbonyl (C=O) groups is 1. The number of hydrogen-bond donors (Lipinski definition) is 2. The number of carboxylic acids is 1. The van der Waals surface area contributed by atoms with Crippen LogP contribution in [0.5, 0.6) is 0 Å². The van der Waals surface area contributed by atoms with E-state index in [1.807, 2.05) is 16.8 Å². The van der Waals surface area contributed by atoms with E-state index in [9.17, 15) is 4.79 Å². The molecule has 0 spiro atoms. The number of carboxylic acid groups (broad SMARTS) is 1. The predicted octanol–water partition coefficient (Wildman–Crippen LogP) is 1.67. The number of thiol groups is 1. The summed E-state index contributed by atoms with van der Waals surface area (Å²) in [6.07, 6.45) is 0.502. The van der Waals surface area contributed by atoms with E-state index in [2.05, 4.69) is 12.6 Å². The van der Waals surface area contributed by atoms with Crippen molar-refractivity contribution < 1.29 is 9.90 Å². The van der Waals surface area contributed by atoms with Gasteiger partial charge in [0.05, 0.1) is 0 Å². The second kappa shape index (κ2) is 3.78. The average molecular weight is 188 g/mol. The zero-order valence-electron chi connectivity index (χ0n) is 5.73. The van der Waals surface area contributed by atoms with Crippen LogP contribution in [0.2, 0.25) is 0 Å². The Morgan fingerprint density at radius 1 is 1.82 bits per heavy atom. The average Bonchev–Trinajstić information content (AvgIpc) is 2.39. The molecule has 1 atom stereocenters. The first-order valence-corrected chi connectivity index (χ1v) is 4.58. The lowest BCUT2D eigenvalue weighted by Gasteiger charge is -2.01. The molecule has 1 N–H and O–H groups in total. The van der Waals surface area contributed by atoms with Crippen molar-refractivity contribution in [1.29, 1.82) is 0 Å². The molecule has 0 fully saturated rings. The zero-order valence-corrected chi connectivity index (χ0v) is 7.44. The van der Waals surface area contributed by atoms with E-state index in [-0.39, 0.29) is 0 Å². The number of aliphatic carboxylic acids is 1. The van der Waals surface area contributed by atoms with Crippen LogP contribution in [-0.2, 0) is 11.2 Å². The lowest BCUT2D eigenvalue weighted by Crippen LogP contribution is -2.15. The van der Waals surface area contributed by atoms with Crippen LogP contribution < -0.4 is 0 Å². The Morgan fingerprint density at radius 3 is 3.00 bits per heavy atom. The summed E-state index contributed by atoms with van der Waals surface area (Å²) >= 11 is 5.48. The van der Waals surface area contributed by atoms with Gasteiger partial charge in [-0.1, -0.05) is 0 Å². The summed E-state index contributed by atoms with van der Waals surface area (Å²) in [6, 6.07) is 1.91. The molecule has 0 amide bonds. The van der Waals surface area contributed by atoms with Crippen LogP contribution in [-0.4, -0.2) is 16.3 Å². The molecule has 0 aliphatic rings.